The normalized spacial score (nSPS) is 25.5. The van der Waals surface area contributed by atoms with Gasteiger partial charge in [0.1, 0.15) is 5.78 Å². The summed E-state index contributed by atoms with van der Waals surface area (Å²) in [5.74, 6) is 0.347. The summed E-state index contributed by atoms with van der Waals surface area (Å²) in [7, 11) is 0. The summed E-state index contributed by atoms with van der Waals surface area (Å²) in [6.45, 7) is 4.07. The third-order valence-electron chi connectivity index (χ3n) is 2.09. The molecule has 0 aromatic rings. The summed E-state index contributed by atoms with van der Waals surface area (Å²) in [4.78, 5) is 23.6. The van der Waals surface area contributed by atoms with Crippen LogP contribution in [0.2, 0.25) is 0 Å². The third-order valence-corrected chi connectivity index (χ3v) is 2.09. The van der Waals surface area contributed by atoms with Crippen molar-refractivity contribution in [1.82, 2.24) is 4.90 Å². The Morgan fingerprint density at radius 3 is 2.73 bits per heavy atom. The van der Waals surface area contributed by atoms with Crippen molar-refractivity contribution >= 4 is 11.7 Å². The van der Waals surface area contributed by atoms with Gasteiger partial charge in [-0.1, -0.05) is 0 Å². The van der Waals surface area contributed by atoms with Crippen molar-refractivity contribution < 1.29 is 9.59 Å². The molecule has 0 bridgehead atoms. The summed E-state index contributed by atoms with van der Waals surface area (Å²) in [6, 6.07) is 0.105. The summed E-state index contributed by atoms with van der Waals surface area (Å²) in [5.41, 5.74) is 0. The average Bonchev–Trinajstić information content (AvgIpc) is 1.85. The van der Waals surface area contributed by atoms with E-state index in [1.165, 1.54) is 0 Å². The second kappa shape index (κ2) is 3.03. The Bertz CT molecular complexity index is 189. The molecule has 1 heterocycles. The minimum absolute atomic E-state index is 0.0741. The summed E-state index contributed by atoms with van der Waals surface area (Å²) in [5, 5.41) is 0. The lowest BCUT2D eigenvalue weighted by Gasteiger charge is -2.31. The summed E-state index contributed by atoms with van der Waals surface area (Å²) >= 11 is 0. The average molecular weight is 155 g/mol. The lowest BCUT2D eigenvalue weighted by molar-refractivity contribution is -0.135. The summed E-state index contributed by atoms with van der Waals surface area (Å²) < 4.78 is 0. The predicted molar refractivity (Wildman–Crippen MR) is 41.1 cm³/mol. The molecule has 62 valence electrons. The van der Waals surface area contributed by atoms with Gasteiger partial charge in [-0.15, -0.1) is 0 Å². The van der Waals surface area contributed by atoms with Gasteiger partial charge in [0, 0.05) is 32.4 Å². The second-order valence-electron chi connectivity index (χ2n) is 3.05. The molecule has 0 aliphatic carbocycles. The molecule has 3 nitrogen and oxygen atoms in total. The molecule has 1 saturated heterocycles. The van der Waals surface area contributed by atoms with Gasteiger partial charge < -0.3 is 4.90 Å². The highest BCUT2D eigenvalue weighted by Gasteiger charge is 2.24. The van der Waals surface area contributed by atoms with Crippen LogP contribution in [0.25, 0.3) is 0 Å². The van der Waals surface area contributed by atoms with Crippen LogP contribution in [0.3, 0.4) is 0 Å². The number of ketones is 1. The maximum atomic E-state index is 10.9. The van der Waals surface area contributed by atoms with Gasteiger partial charge >= 0.3 is 0 Å². The van der Waals surface area contributed by atoms with Crippen LogP contribution < -0.4 is 0 Å². The predicted octanol–water partition coefficient (Wildman–Crippen LogP) is 0.586. The zero-order valence-corrected chi connectivity index (χ0v) is 6.96. The van der Waals surface area contributed by atoms with Crippen molar-refractivity contribution in [1.29, 1.82) is 0 Å². The van der Waals surface area contributed by atoms with Gasteiger partial charge in [0.2, 0.25) is 5.91 Å². The topological polar surface area (TPSA) is 37.4 Å². The SMILES string of the molecule is CC(=O)N1CCC(=O)CC1C. The van der Waals surface area contributed by atoms with Crippen molar-refractivity contribution in [3.05, 3.63) is 0 Å². The first-order valence-electron chi connectivity index (χ1n) is 3.90. The number of likely N-dealkylation sites (tertiary alicyclic amines) is 1. The van der Waals surface area contributed by atoms with Crippen molar-refractivity contribution in [3.63, 3.8) is 0 Å². The summed E-state index contributed by atoms with van der Waals surface area (Å²) in [6.07, 6.45) is 1.06. The number of carbonyl (C=O) groups is 2. The molecule has 0 saturated carbocycles. The highest BCUT2D eigenvalue weighted by Crippen LogP contribution is 2.13. The molecule has 1 aliphatic rings. The van der Waals surface area contributed by atoms with E-state index in [4.69, 9.17) is 0 Å². The standard InChI is InChI=1S/C8H13NO2/c1-6-5-8(11)3-4-9(6)7(2)10/h6H,3-5H2,1-2H3. The first-order valence-corrected chi connectivity index (χ1v) is 3.90. The number of piperidine rings is 1. The fourth-order valence-electron chi connectivity index (χ4n) is 1.48. The van der Waals surface area contributed by atoms with Crippen LogP contribution >= 0.6 is 0 Å². The Morgan fingerprint density at radius 1 is 1.64 bits per heavy atom. The fraction of sp³-hybridized carbons (Fsp3) is 0.750. The Labute approximate surface area is 66.4 Å². The highest BCUT2D eigenvalue weighted by molar-refractivity contribution is 5.83. The van der Waals surface area contributed by atoms with Gasteiger partial charge in [-0.25, -0.2) is 0 Å². The Hall–Kier alpha value is -0.860. The number of rotatable bonds is 0. The number of hydrogen-bond acceptors (Lipinski definition) is 2. The molecule has 0 aromatic carbocycles. The van der Waals surface area contributed by atoms with E-state index in [2.05, 4.69) is 0 Å². The van der Waals surface area contributed by atoms with Crippen molar-refractivity contribution in [3.8, 4) is 0 Å². The van der Waals surface area contributed by atoms with E-state index >= 15 is 0 Å². The number of carbonyl (C=O) groups excluding carboxylic acids is 2. The lowest BCUT2D eigenvalue weighted by atomic mass is 10.0. The Kier molecular flexibility index (Phi) is 2.27. The van der Waals surface area contributed by atoms with Crippen LogP contribution in [-0.2, 0) is 9.59 Å². The van der Waals surface area contributed by atoms with E-state index in [0.29, 0.717) is 19.4 Å². The maximum Gasteiger partial charge on any atom is 0.219 e. The van der Waals surface area contributed by atoms with Gasteiger partial charge in [0.25, 0.3) is 0 Å². The van der Waals surface area contributed by atoms with E-state index in [1.807, 2.05) is 6.92 Å². The second-order valence-corrected chi connectivity index (χ2v) is 3.05. The van der Waals surface area contributed by atoms with E-state index in [9.17, 15) is 9.59 Å². The number of amides is 1. The molecule has 11 heavy (non-hydrogen) atoms. The van der Waals surface area contributed by atoms with Crippen LogP contribution in [0.15, 0.2) is 0 Å². The zero-order valence-electron chi connectivity index (χ0n) is 6.96. The van der Waals surface area contributed by atoms with Crippen LogP contribution in [0.4, 0.5) is 0 Å². The van der Waals surface area contributed by atoms with Crippen molar-refractivity contribution in [2.24, 2.45) is 0 Å². The van der Waals surface area contributed by atoms with Crippen LogP contribution in [0, 0.1) is 0 Å². The zero-order chi connectivity index (χ0) is 8.43. The van der Waals surface area contributed by atoms with Gasteiger partial charge in [0.15, 0.2) is 0 Å². The Morgan fingerprint density at radius 2 is 2.27 bits per heavy atom. The van der Waals surface area contributed by atoms with Gasteiger partial charge in [-0.2, -0.15) is 0 Å². The first-order chi connectivity index (χ1) is 5.11. The van der Waals surface area contributed by atoms with E-state index < -0.39 is 0 Å². The molecule has 1 unspecified atom stereocenters. The largest absolute Gasteiger partial charge is 0.339 e. The molecule has 1 fully saturated rings. The molecule has 0 N–H and O–H groups in total. The van der Waals surface area contributed by atoms with Gasteiger partial charge in [-0.05, 0) is 6.92 Å². The number of hydrogen-bond donors (Lipinski definition) is 0. The van der Waals surface area contributed by atoms with Gasteiger partial charge in [-0.3, -0.25) is 9.59 Å². The lowest BCUT2D eigenvalue weighted by Crippen LogP contribution is -2.43. The monoisotopic (exact) mass is 155 g/mol. The van der Waals surface area contributed by atoms with E-state index in [0.717, 1.165) is 0 Å². The molecule has 1 rings (SSSR count). The third kappa shape index (κ3) is 1.79. The Balaban J connectivity index is 2.57. The first kappa shape index (κ1) is 8.24. The van der Waals surface area contributed by atoms with Crippen LogP contribution in [-0.4, -0.2) is 29.2 Å². The molecule has 0 spiro atoms. The molecule has 0 radical (unpaired) electrons. The fourth-order valence-corrected chi connectivity index (χ4v) is 1.48. The molecule has 1 aliphatic heterocycles. The number of nitrogens with zero attached hydrogens (tertiary/aromatic N) is 1. The molecule has 1 atom stereocenters. The van der Waals surface area contributed by atoms with Crippen LogP contribution in [0.1, 0.15) is 26.7 Å². The van der Waals surface area contributed by atoms with Crippen LogP contribution in [0.5, 0.6) is 0 Å². The minimum atomic E-state index is 0.0741. The molecular formula is C8H13NO2. The van der Waals surface area contributed by atoms with E-state index in [-0.39, 0.29) is 17.7 Å². The quantitative estimate of drug-likeness (QED) is 0.513. The molecule has 0 aromatic heterocycles. The maximum absolute atomic E-state index is 10.9. The van der Waals surface area contributed by atoms with Gasteiger partial charge in [0.05, 0.1) is 0 Å². The minimum Gasteiger partial charge on any atom is -0.339 e. The smallest absolute Gasteiger partial charge is 0.219 e. The highest BCUT2D eigenvalue weighted by atomic mass is 16.2. The number of Topliss-reactive ketones (excluding diaryl/α,β-unsaturated/α-hetero) is 1. The van der Waals surface area contributed by atoms with Crippen molar-refractivity contribution in [2.75, 3.05) is 6.54 Å². The molecule has 3 heteroatoms. The molecular weight excluding hydrogens is 142 g/mol. The molecule has 1 amide bonds. The van der Waals surface area contributed by atoms with E-state index in [1.54, 1.807) is 11.8 Å². The van der Waals surface area contributed by atoms with Crippen molar-refractivity contribution in [2.45, 2.75) is 32.7 Å².